The Morgan fingerprint density at radius 2 is 1.85 bits per heavy atom. The van der Waals surface area contributed by atoms with Crippen molar-refractivity contribution in [2.45, 2.75) is 43.8 Å². The summed E-state index contributed by atoms with van der Waals surface area (Å²) < 4.78 is 25.8. The molecule has 0 saturated carbocycles. The molecule has 174 valence electrons. The number of imidazole rings is 1. The Morgan fingerprint density at radius 1 is 1.15 bits per heavy atom. The average molecular weight is 484 g/mol. The maximum atomic E-state index is 12.7. The Bertz CT molecular complexity index is 1250. The molecule has 3 aromatic rings. The van der Waals surface area contributed by atoms with Crippen molar-refractivity contribution in [1.82, 2.24) is 14.9 Å². The molecule has 0 bridgehead atoms. The van der Waals surface area contributed by atoms with E-state index in [1.54, 1.807) is 6.92 Å². The van der Waals surface area contributed by atoms with Gasteiger partial charge in [-0.2, -0.15) is 0 Å². The number of benzene rings is 2. The molecule has 0 radical (unpaired) electrons. The van der Waals surface area contributed by atoms with Crippen molar-refractivity contribution >= 4 is 27.5 Å². The van der Waals surface area contributed by atoms with Crippen LogP contribution in [0, 0.1) is 0 Å². The quantitative estimate of drug-likeness (QED) is 0.502. The second-order valence-corrected chi connectivity index (χ2v) is 12.2. The molecule has 33 heavy (non-hydrogen) atoms. The Hall–Kier alpha value is -2.58. The first-order valence-corrected chi connectivity index (χ1v) is 13.8. The number of rotatable bonds is 7. The summed E-state index contributed by atoms with van der Waals surface area (Å²) in [6.45, 7) is 6.12. The van der Waals surface area contributed by atoms with Crippen molar-refractivity contribution in [2.24, 2.45) is 0 Å². The van der Waals surface area contributed by atoms with Crippen molar-refractivity contribution in [2.75, 3.05) is 17.3 Å². The maximum Gasteiger partial charge on any atom is 0.230 e. The largest absolute Gasteiger partial charge is 0.349 e. The van der Waals surface area contributed by atoms with Crippen molar-refractivity contribution in [3.63, 3.8) is 0 Å². The maximum absolute atomic E-state index is 12.7. The number of hydrogen-bond donors (Lipinski definition) is 1. The zero-order valence-electron chi connectivity index (χ0n) is 19.1. The Balaban J connectivity index is 1.63. The number of thioether (sulfide) groups is 1. The zero-order chi connectivity index (χ0) is 23.6. The lowest BCUT2D eigenvalue weighted by atomic mass is 10.0. The predicted octanol–water partition coefficient (Wildman–Crippen LogP) is 4.45. The standard InChI is InChI=1S/C25H29N3O3S2/c1-18(2)20-11-7-8-12-21(20)28-22(19-9-5-4-6-10-19)15-26-24(28)32-16-23(29)27-25(3)13-14-33(30,31)17-25/h4-12,15,18H,13-14,16-17H2,1-3H3,(H,27,29)/t25-/m1/s1. The molecule has 8 heteroatoms. The van der Waals surface area contributed by atoms with E-state index >= 15 is 0 Å². The van der Waals surface area contributed by atoms with Crippen LogP contribution in [0.3, 0.4) is 0 Å². The van der Waals surface area contributed by atoms with E-state index in [4.69, 9.17) is 0 Å². The van der Waals surface area contributed by atoms with Gasteiger partial charge in [-0.1, -0.05) is 74.1 Å². The molecule has 1 amide bonds. The highest BCUT2D eigenvalue weighted by Crippen LogP contribution is 2.33. The smallest absolute Gasteiger partial charge is 0.230 e. The Labute approximate surface area is 199 Å². The molecule has 2 heterocycles. The predicted molar refractivity (Wildman–Crippen MR) is 134 cm³/mol. The van der Waals surface area contributed by atoms with Gasteiger partial charge in [-0.25, -0.2) is 13.4 Å². The number of nitrogens with zero attached hydrogens (tertiary/aromatic N) is 2. The van der Waals surface area contributed by atoms with Crippen LogP contribution in [0.5, 0.6) is 0 Å². The lowest BCUT2D eigenvalue weighted by molar-refractivity contribution is -0.120. The van der Waals surface area contributed by atoms with Crippen LogP contribution in [0.4, 0.5) is 0 Å². The normalized spacial score (nSPS) is 19.6. The van der Waals surface area contributed by atoms with Crippen LogP contribution in [0.25, 0.3) is 16.9 Å². The molecular formula is C25H29N3O3S2. The van der Waals surface area contributed by atoms with E-state index in [-0.39, 0.29) is 23.2 Å². The molecule has 0 aliphatic carbocycles. The van der Waals surface area contributed by atoms with Crippen molar-refractivity contribution in [3.05, 3.63) is 66.4 Å². The SMILES string of the molecule is CC(C)c1ccccc1-n1c(-c2ccccc2)cnc1SCC(=O)N[C@]1(C)CCS(=O)(=O)C1. The Kier molecular flexibility index (Phi) is 6.68. The minimum atomic E-state index is -3.09. The summed E-state index contributed by atoms with van der Waals surface area (Å²) in [6, 6.07) is 18.3. The third-order valence-corrected chi connectivity index (χ3v) is 8.73. The number of para-hydroxylation sites is 1. The second kappa shape index (κ2) is 9.35. The summed E-state index contributed by atoms with van der Waals surface area (Å²) in [5.41, 5.74) is 3.54. The van der Waals surface area contributed by atoms with E-state index < -0.39 is 15.4 Å². The first-order chi connectivity index (χ1) is 15.7. The fraction of sp³-hybridized carbons (Fsp3) is 0.360. The number of hydrogen-bond acceptors (Lipinski definition) is 5. The van der Waals surface area contributed by atoms with Crippen LogP contribution < -0.4 is 5.32 Å². The number of carbonyl (C=O) groups excluding carboxylic acids is 1. The summed E-state index contributed by atoms with van der Waals surface area (Å²) in [7, 11) is -3.09. The topological polar surface area (TPSA) is 81.1 Å². The molecule has 1 N–H and O–H groups in total. The van der Waals surface area contributed by atoms with E-state index in [2.05, 4.69) is 40.8 Å². The molecule has 6 nitrogen and oxygen atoms in total. The third kappa shape index (κ3) is 5.33. The number of sulfone groups is 1. The van der Waals surface area contributed by atoms with Gasteiger partial charge in [0.15, 0.2) is 15.0 Å². The van der Waals surface area contributed by atoms with Gasteiger partial charge in [-0.15, -0.1) is 0 Å². The molecule has 2 aromatic carbocycles. The molecule has 1 atom stereocenters. The molecule has 1 fully saturated rings. The van der Waals surface area contributed by atoms with Gasteiger partial charge >= 0.3 is 0 Å². The fourth-order valence-corrected chi connectivity index (χ4v) is 7.15. The molecule has 0 unspecified atom stereocenters. The minimum absolute atomic E-state index is 0.00898. The number of aromatic nitrogens is 2. The molecular weight excluding hydrogens is 454 g/mol. The van der Waals surface area contributed by atoms with Gasteiger partial charge in [-0.05, 0) is 30.9 Å². The van der Waals surface area contributed by atoms with Gasteiger partial charge in [0.05, 0.1) is 40.4 Å². The number of carbonyl (C=O) groups is 1. The fourth-order valence-electron chi connectivity index (χ4n) is 4.27. The van der Waals surface area contributed by atoms with E-state index in [9.17, 15) is 13.2 Å². The molecule has 0 spiro atoms. The monoisotopic (exact) mass is 483 g/mol. The third-order valence-electron chi connectivity index (χ3n) is 5.88. The van der Waals surface area contributed by atoms with Gasteiger partial charge in [0, 0.05) is 5.56 Å². The number of nitrogens with one attached hydrogen (secondary N) is 1. The van der Waals surface area contributed by atoms with Crippen molar-refractivity contribution in [1.29, 1.82) is 0 Å². The Morgan fingerprint density at radius 3 is 2.52 bits per heavy atom. The van der Waals surface area contributed by atoms with Crippen LogP contribution in [-0.4, -0.2) is 46.7 Å². The first kappa shape index (κ1) is 23.6. The highest BCUT2D eigenvalue weighted by atomic mass is 32.2. The average Bonchev–Trinajstić information content (AvgIpc) is 3.32. The molecule has 1 aliphatic rings. The lowest BCUT2D eigenvalue weighted by Crippen LogP contribution is -2.47. The highest BCUT2D eigenvalue weighted by molar-refractivity contribution is 7.99. The summed E-state index contributed by atoms with van der Waals surface area (Å²) in [5.74, 6) is 0.397. The summed E-state index contributed by atoms with van der Waals surface area (Å²) >= 11 is 1.36. The van der Waals surface area contributed by atoms with Gasteiger partial charge in [0.2, 0.25) is 5.91 Å². The van der Waals surface area contributed by atoms with Gasteiger partial charge < -0.3 is 5.32 Å². The van der Waals surface area contributed by atoms with Crippen LogP contribution in [0.15, 0.2) is 66.0 Å². The van der Waals surface area contributed by atoms with Crippen molar-refractivity contribution < 1.29 is 13.2 Å². The van der Waals surface area contributed by atoms with E-state index in [0.717, 1.165) is 22.1 Å². The summed E-state index contributed by atoms with van der Waals surface area (Å²) in [4.78, 5) is 17.4. The minimum Gasteiger partial charge on any atom is -0.349 e. The van der Waals surface area contributed by atoms with Gasteiger partial charge in [0.1, 0.15) is 0 Å². The number of amides is 1. The van der Waals surface area contributed by atoms with Crippen molar-refractivity contribution in [3.8, 4) is 16.9 Å². The zero-order valence-corrected chi connectivity index (χ0v) is 20.7. The van der Waals surface area contributed by atoms with E-state index in [0.29, 0.717) is 12.3 Å². The van der Waals surface area contributed by atoms with Gasteiger partial charge in [-0.3, -0.25) is 9.36 Å². The summed E-state index contributed by atoms with van der Waals surface area (Å²) in [6.07, 6.45) is 2.29. The molecule has 1 saturated heterocycles. The lowest BCUT2D eigenvalue weighted by Gasteiger charge is -2.23. The summed E-state index contributed by atoms with van der Waals surface area (Å²) in [5, 5.41) is 3.66. The van der Waals surface area contributed by atoms with Crippen LogP contribution >= 0.6 is 11.8 Å². The first-order valence-electron chi connectivity index (χ1n) is 11.0. The second-order valence-electron chi connectivity index (χ2n) is 9.08. The van der Waals surface area contributed by atoms with Crippen LogP contribution in [0.2, 0.25) is 0 Å². The molecule has 4 rings (SSSR count). The molecule has 1 aromatic heterocycles. The highest BCUT2D eigenvalue weighted by Gasteiger charge is 2.39. The molecule has 1 aliphatic heterocycles. The van der Waals surface area contributed by atoms with E-state index in [1.807, 2.05) is 48.7 Å². The van der Waals surface area contributed by atoms with E-state index in [1.165, 1.54) is 17.3 Å². The van der Waals surface area contributed by atoms with Gasteiger partial charge in [0.25, 0.3) is 0 Å². The van der Waals surface area contributed by atoms with Crippen LogP contribution in [0.1, 0.15) is 38.7 Å². The van der Waals surface area contributed by atoms with Crippen LogP contribution in [-0.2, 0) is 14.6 Å².